The van der Waals surface area contributed by atoms with Gasteiger partial charge in [-0.25, -0.2) is 17.2 Å². The van der Waals surface area contributed by atoms with E-state index < -0.39 is 33.5 Å². The number of carbonyl (C=O) groups excluding carboxylic acids is 1. The Morgan fingerprint density at radius 1 is 1.16 bits per heavy atom. The molecule has 5 nitrogen and oxygen atoms in total. The van der Waals surface area contributed by atoms with Gasteiger partial charge in [0.25, 0.3) is 0 Å². The third-order valence-electron chi connectivity index (χ3n) is 3.59. The minimum absolute atomic E-state index is 0.00974. The van der Waals surface area contributed by atoms with Gasteiger partial charge in [0.1, 0.15) is 17.7 Å². The number of hydrogen-bond donors (Lipinski definition) is 1. The maximum absolute atomic E-state index is 14.5. The molecule has 130 valence electrons. The minimum Gasteiger partial charge on any atom is -0.273 e. The lowest BCUT2D eigenvalue weighted by atomic mass is 9.94. The van der Waals surface area contributed by atoms with Crippen molar-refractivity contribution in [2.24, 2.45) is 0 Å². The molecule has 0 spiro atoms. The Morgan fingerprint density at radius 3 is 2.40 bits per heavy atom. The first kappa shape index (κ1) is 18.5. The summed E-state index contributed by atoms with van der Waals surface area (Å²) in [7, 11) is -3.72. The second kappa shape index (κ2) is 6.99. The zero-order valence-corrected chi connectivity index (χ0v) is 14.2. The van der Waals surface area contributed by atoms with Gasteiger partial charge in [-0.05, 0) is 24.6 Å². The highest BCUT2D eigenvalue weighted by atomic mass is 32.2. The molecule has 2 aromatic rings. The fraction of sp³-hybridized carbons (Fsp3) is 0.176. The van der Waals surface area contributed by atoms with Gasteiger partial charge in [0.15, 0.2) is 0 Å². The lowest BCUT2D eigenvalue weighted by Gasteiger charge is -2.13. The lowest BCUT2D eigenvalue weighted by Crippen LogP contribution is -2.32. The SMILES string of the molecule is CC(C(=O)NS(C)(=O)=O)c1ccc(-c2cccc(F)c2C#N)c(F)c1. The van der Waals surface area contributed by atoms with Gasteiger partial charge in [0.2, 0.25) is 15.9 Å². The molecular weight excluding hydrogens is 350 g/mol. The van der Waals surface area contributed by atoms with Gasteiger partial charge >= 0.3 is 0 Å². The summed E-state index contributed by atoms with van der Waals surface area (Å²) < 4.78 is 52.2. The highest BCUT2D eigenvalue weighted by molar-refractivity contribution is 7.89. The third-order valence-corrected chi connectivity index (χ3v) is 4.16. The first-order valence-electron chi connectivity index (χ1n) is 7.14. The van der Waals surface area contributed by atoms with E-state index in [4.69, 9.17) is 5.26 Å². The van der Waals surface area contributed by atoms with Gasteiger partial charge in [-0.1, -0.05) is 24.3 Å². The van der Waals surface area contributed by atoms with Crippen molar-refractivity contribution in [3.63, 3.8) is 0 Å². The number of nitriles is 1. The van der Waals surface area contributed by atoms with E-state index in [2.05, 4.69) is 0 Å². The van der Waals surface area contributed by atoms with Crippen LogP contribution in [0.4, 0.5) is 8.78 Å². The van der Waals surface area contributed by atoms with Gasteiger partial charge < -0.3 is 0 Å². The molecule has 8 heteroatoms. The molecule has 0 aliphatic carbocycles. The van der Waals surface area contributed by atoms with Crippen LogP contribution in [0.5, 0.6) is 0 Å². The van der Waals surface area contributed by atoms with Gasteiger partial charge in [0, 0.05) is 11.1 Å². The summed E-state index contributed by atoms with van der Waals surface area (Å²) >= 11 is 0. The van der Waals surface area contributed by atoms with Crippen molar-refractivity contribution in [1.82, 2.24) is 4.72 Å². The van der Waals surface area contributed by atoms with Crippen molar-refractivity contribution < 1.29 is 22.0 Å². The predicted octanol–water partition coefficient (Wildman–Crippen LogP) is 2.68. The van der Waals surface area contributed by atoms with Crippen LogP contribution in [0.2, 0.25) is 0 Å². The van der Waals surface area contributed by atoms with Crippen LogP contribution in [-0.2, 0) is 14.8 Å². The fourth-order valence-electron chi connectivity index (χ4n) is 2.30. The molecule has 0 aliphatic rings. The molecule has 1 N–H and O–H groups in total. The van der Waals surface area contributed by atoms with E-state index in [1.54, 1.807) is 6.07 Å². The number of sulfonamides is 1. The van der Waals surface area contributed by atoms with E-state index in [1.807, 2.05) is 4.72 Å². The Kier molecular flexibility index (Phi) is 5.18. The molecule has 0 bridgehead atoms. The second-order valence-corrected chi connectivity index (χ2v) is 7.22. The van der Waals surface area contributed by atoms with Gasteiger partial charge in [-0.3, -0.25) is 9.52 Å². The number of carbonyl (C=O) groups is 1. The maximum atomic E-state index is 14.5. The van der Waals surface area contributed by atoms with Gasteiger partial charge in [0.05, 0.1) is 17.7 Å². The first-order chi connectivity index (χ1) is 11.6. The molecule has 0 aliphatic heterocycles. The zero-order chi connectivity index (χ0) is 18.8. The predicted molar refractivity (Wildman–Crippen MR) is 87.9 cm³/mol. The minimum atomic E-state index is -3.72. The van der Waals surface area contributed by atoms with Gasteiger partial charge in [-0.2, -0.15) is 5.26 Å². The monoisotopic (exact) mass is 364 g/mol. The summed E-state index contributed by atoms with van der Waals surface area (Å²) in [6.45, 7) is 1.43. The summed E-state index contributed by atoms with van der Waals surface area (Å²) in [5.41, 5.74) is 0.0737. The van der Waals surface area contributed by atoms with E-state index in [-0.39, 0.29) is 22.3 Å². The van der Waals surface area contributed by atoms with Crippen LogP contribution < -0.4 is 4.72 Å². The number of hydrogen-bond acceptors (Lipinski definition) is 4. The van der Waals surface area contributed by atoms with E-state index in [9.17, 15) is 22.0 Å². The van der Waals surface area contributed by atoms with Crippen molar-refractivity contribution in [3.8, 4) is 17.2 Å². The molecule has 1 atom stereocenters. The second-order valence-electron chi connectivity index (χ2n) is 5.47. The number of nitrogens with one attached hydrogen (secondary N) is 1. The first-order valence-corrected chi connectivity index (χ1v) is 9.03. The van der Waals surface area contributed by atoms with Crippen LogP contribution >= 0.6 is 0 Å². The molecule has 0 radical (unpaired) electrons. The summed E-state index contributed by atoms with van der Waals surface area (Å²) in [5, 5.41) is 9.05. The molecule has 1 unspecified atom stereocenters. The van der Waals surface area contributed by atoms with Gasteiger partial charge in [-0.15, -0.1) is 0 Å². The Labute approximate surface area is 144 Å². The lowest BCUT2D eigenvalue weighted by molar-refractivity contribution is -0.120. The Balaban J connectivity index is 2.41. The largest absolute Gasteiger partial charge is 0.273 e. The van der Waals surface area contributed by atoms with Crippen molar-refractivity contribution in [2.45, 2.75) is 12.8 Å². The van der Waals surface area contributed by atoms with Crippen LogP contribution in [0.3, 0.4) is 0 Å². The van der Waals surface area contributed by atoms with E-state index in [0.29, 0.717) is 0 Å². The van der Waals surface area contributed by atoms with E-state index in [1.165, 1.54) is 31.2 Å². The molecule has 0 heterocycles. The van der Waals surface area contributed by atoms with Crippen LogP contribution in [0.1, 0.15) is 24.0 Å². The smallest absolute Gasteiger partial charge is 0.240 e. The Bertz CT molecular complexity index is 982. The molecule has 0 saturated carbocycles. The molecule has 25 heavy (non-hydrogen) atoms. The number of benzene rings is 2. The average Bonchev–Trinajstić information content (AvgIpc) is 2.52. The van der Waals surface area contributed by atoms with E-state index >= 15 is 0 Å². The molecule has 0 aromatic heterocycles. The average molecular weight is 364 g/mol. The van der Waals surface area contributed by atoms with Crippen LogP contribution in [0, 0.1) is 23.0 Å². The topological polar surface area (TPSA) is 87.0 Å². The van der Waals surface area contributed by atoms with Crippen molar-refractivity contribution in [2.75, 3.05) is 6.26 Å². The quantitative estimate of drug-likeness (QED) is 0.904. The molecule has 2 aromatic carbocycles. The molecule has 0 saturated heterocycles. The highest BCUT2D eigenvalue weighted by Gasteiger charge is 2.21. The molecule has 2 rings (SSSR count). The summed E-state index contributed by atoms with van der Waals surface area (Å²) in [6, 6.07) is 9.39. The Morgan fingerprint density at radius 2 is 1.84 bits per heavy atom. The normalized spacial score (nSPS) is 12.3. The zero-order valence-electron chi connectivity index (χ0n) is 13.4. The number of amides is 1. The number of halogens is 2. The summed E-state index contributed by atoms with van der Waals surface area (Å²) in [6.07, 6.45) is 0.842. The van der Waals surface area contributed by atoms with E-state index in [0.717, 1.165) is 18.4 Å². The molecular formula is C17H14F2N2O3S. The van der Waals surface area contributed by atoms with Crippen molar-refractivity contribution >= 4 is 15.9 Å². The standard InChI is InChI=1S/C17H14F2N2O3S/c1-10(17(22)21-25(2,23)24)11-6-7-13(16(19)8-11)12-4-3-5-15(18)14(12)9-20/h3-8,10H,1-2H3,(H,21,22). The van der Waals surface area contributed by atoms with Crippen molar-refractivity contribution in [3.05, 3.63) is 59.2 Å². The summed E-state index contributed by atoms with van der Waals surface area (Å²) in [4.78, 5) is 11.9. The Hall–Kier alpha value is -2.79. The van der Waals surface area contributed by atoms with Crippen LogP contribution in [0.25, 0.3) is 11.1 Å². The fourth-order valence-corrected chi connectivity index (χ4v) is 2.85. The molecule has 1 amide bonds. The molecule has 0 fully saturated rings. The van der Waals surface area contributed by atoms with Crippen molar-refractivity contribution in [1.29, 1.82) is 5.26 Å². The highest BCUT2D eigenvalue weighted by Crippen LogP contribution is 2.30. The summed E-state index contributed by atoms with van der Waals surface area (Å²) in [5.74, 6) is -3.22. The third kappa shape index (κ3) is 4.19. The van der Waals surface area contributed by atoms with Crippen LogP contribution in [0.15, 0.2) is 36.4 Å². The number of nitrogens with zero attached hydrogens (tertiary/aromatic N) is 1. The maximum Gasteiger partial charge on any atom is 0.240 e. The number of rotatable bonds is 4. The van der Waals surface area contributed by atoms with Crippen LogP contribution in [-0.4, -0.2) is 20.6 Å².